The van der Waals surface area contributed by atoms with Crippen LogP contribution in [0.5, 0.6) is 0 Å². The maximum absolute atomic E-state index is 5.48. The summed E-state index contributed by atoms with van der Waals surface area (Å²) in [4.78, 5) is 4.40. The maximum atomic E-state index is 5.48. The van der Waals surface area contributed by atoms with Crippen LogP contribution >= 0.6 is 0 Å². The van der Waals surface area contributed by atoms with Crippen LogP contribution in [0.4, 0.5) is 0 Å². The molecule has 0 amide bonds. The smallest absolute Gasteiger partial charge is 0.208 e. The molecule has 78 valence electrons. The lowest BCUT2D eigenvalue weighted by Crippen LogP contribution is -2.15. The lowest BCUT2D eigenvalue weighted by Gasteiger charge is -2.20. The third-order valence-corrected chi connectivity index (χ3v) is 2.66. The van der Waals surface area contributed by atoms with Crippen molar-refractivity contribution in [2.24, 2.45) is 5.73 Å². The molecule has 14 heavy (non-hydrogen) atoms. The van der Waals surface area contributed by atoms with E-state index in [1.165, 1.54) is 0 Å². The fourth-order valence-electron chi connectivity index (χ4n) is 1.90. The highest BCUT2D eigenvalue weighted by Crippen LogP contribution is 2.28. The van der Waals surface area contributed by atoms with Gasteiger partial charge in [-0.15, -0.1) is 0 Å². The van der Waals surface area contributed by atoms with Gasteiger partial charge in [-0.2, -0.15) is 0 Å². The number of hydrogen-bond donors (Lipinski definition) is 1. The highest BCUT2D eigenvalue weighted by atomic mass is 16.5. The minimum atomic E-state index is 0.379. The normalized spacial score (nSPS) is 18.7. The average Bonchev–Trinajstić information content (AvgIpc) is 2.61. The van der Waals surface area contributed by atoms with Gasteiger partial charge in [0.25, 0.3) is 0 Å². The van der Waals surface area contributed by atoms with E-state index in [2.05, 4.69) is 4.98 Å². The fourth-order valence-corrected chi connectivity index (χ4v) is 1.90. The number of hydrogen-bond acceptors (Lipinski definition) is 4. The standard InChI is InChI=1S/C10H16N2O2/c1-7-10(12-9(6-11)14-7)8-2-4-13-5-3-8/h8H,2-6,11H2,1H3. The Morgan fingerprint density at radius 1 is 1.43 bits per heavy atom. The van der Waals surface area contributed by atoms with Crippen LogP contribution < -0.4 is 5.73 Å². The van der Waals surface area contributed by atoms with E-state index in [0.29, 0.717) is 18.4 Å². The van der Waals surface area contributed by atoms with Crippen LogP contribution in [0.3, 0.4) is 0 Å². The zero-order valence-corrected chi connectivity index (χ0v) is 8.45. The van der Waals surface area contributed by atoms with Crippen molar-refractivity contribution in [1.82, 2.24) is 4.98 Å². The highest BCUT2D eigenvalue weighted by Gasteiger charge is 2.21. The summed E-state index contributed by atoms with van der Waals surface area (Å²) in [6.45, 7) is 3.99. The Morgan fingerprint density at radius 3 is 2.71 bits per heavy atom. The predicted molar refractivity (Wildman–Crippen MR) is 51.9 cm³/mol. The lowest BCUT2D eigenvalue weighted by molar-refractivity contribution is 0.0843. The molecular formula is C10H16N2O2. The van der Waals surface area contributed by atoms with Crippen LogP contribution in [0.15, 0.2) is 4.42 Å². The molecule has 1 aromatic heterocycles. The van der Waals surface area contributed by atoms with Crippen LogP contribution in [0.25, 0.3) is 0 Å². The number of ether oxygens (including phenoxy) is 1. The second-order valence-corrected chi connectivity index (χ2v) is 3.64. The van der Waals surface area contributed by atoms with Crippen LogP contribution in [-0.2, 0) is 11.3 Å². The molecule has 2 rings (SSSR count). The van der Waals surface area contributed by atoms with Crippen LogP contribution in [0, 0.1) is 6.92 Å². The number of aryl methyl sites for hydroxylation is 1. The summed E-state index contributed by atoms with van der Waals surface area (Å²) >= 11 is 0. The second kappa shape index (κ2) is 4.11. The Morgan fingerprint density at radius 2 is 2.14 bits per heavy atom. The first kappa shape index (κ1) is 9.68. The molecule has 2 N–H and O–H groups in total. The maximum Gasteiger partial charge on any atom is 0.208 e. The number of nitrogens with two attached hydrogens (primary N) is 1. The van der Waals surface area contributed by atoms with Crippen LogP contribution in [0.2, 0.25) is 0 Å². The van der Waals surface area contributed by atoms with Crippen molar-refractivity contribution in [3.63, 3.8) is 0 Å². The minimum Gasteiger partial charge on any atom is -0.444 e. The van der Waals surface area contributed by atoms with E-state index in [-0.39, 0.29) is 0 Å². The Labute approximate surface area is 83.4 Å². The van der Waals surface area contributed by atoms with Crippen molar-refractivity contribution in [2.45, 2.75) is 32.2 Å². The molecule has 0 spiro atoms. The number of aromatic nitrogens is 1. The van der Waals surface area contributed by atoms with E-state index in [0.717, 1.165) is 37.5 Å². The Kier molecular flexibility index (Phi) is 2.84. The Balaban J connectivity index is 2.17. The lowest BCUT2D eigenvalue weighted by atomic mass is 9.96. The van der Waals surface area contributed by atoms with Gasteiger partial charge in [-0.3, -0.25) is 0 Å². The van der Waals surface area contributed by atoms with Gasteiger partial charge in [-0.05, 0) is 19.8 Å². The number of oxazole rings is 1. The molecule has 4 nitrogen and oxygen atoms in total. The second-order valence-electron chi connectivity index (χ2n) is 3.64. The molecule has 0 radical (unpaired) electrons. The minimum absolute atomic E-state index is 0.379. The van der Waals surface area contributed by atoms with Crippen molar-refractivity contribution in [1.29, 1.82) is 0 Å². The largest absolute Gasteiger partial charge is 0.444 e. The SMILES string of the molecule is Cc1oc(CN)nc1C1CCOCC1. The van der Waals surface area contributed by atoms with Gasteiger partial charge in [-0.25, -0.2) is 4.98 Å². The molecule has 1 fully saturated rings. The first-order valence-corrected chi connectivity index (χ1v) is 5.05. The summed E-state index contributed by atoms with van der Waals surface area (Å²) in [6.07, 6.45) is 2.08. The van der Waals surface area contributed by atoms with Crippen LogP contribution in [-0.4, -0.2) is 18.2 Å². The molecule has 4 heteroatoms. The average molecular weight is 196 g/mol. The van der Waals surface area contributed by atoms with Crippen molar-refractivity contribution < 1.29 is 9.15 Å². The van der Waals surface area contributed by atoms with Crippen LogP contribution in [0.1, 0.15) is 36.1 Å². The highest BCUT2D eigenvalue weighted by molar-refractivity contribution is 5.14. The third-order valence-electron chi connectivity index (χ3n) is 2.66. The van der Waals surface area contributed by atoms with E-state index >= 15 is 0 Å². The van der Waals surface area contributed by atoms with E-state index in [1.807, 2.05) is 6.92 Å². The zero-order chi connectivity index (χ0) is 9.97. The molecule has 0 bridgehead atoms. The first-order chi connectivity index (χ1) is 6.81. The summed E-state index contributed by atoms with van der Waals surface area (Å²) < 4.78 is 10.8. The molecule has 0 saturated carbocycles. The van der Waals surface area contributed by atoms with Gasteiger partial charge in [0.15, 0.2) is 0 Å². The zero-order valence-electron chi connectivity index (χ0n) is 8.45. The quantitative estimate of drug-likeness (QED) is 0.775. The molecule has 0 unspecified atom stereocenters. The van der Waals surface area contributed by atoms with Crippen molar-refractivity contribution in [3.8, 4) is 0 Å². The summed E-state index contributed by atoms with van der Waals surface area (Å²) in [5.41, 5.74) is 6.56. The van der Waals surface area contributed by atoms with E-state index < -0.39 is 0 Å². The van der Waals surface area contributed by atoms with Gasteiger partial charge in [0.1, 0.15) is 5.76 Å². The van der Waals surface area contributed by atoms with Gasteiger partial charge in [0.2, 0.25) is 5.89 Å². The molecule has 2 heterocycles. The molecule has 1 aliphatic rings. The number of rotatable bonds is 2. The number of nitrogens with zero attached hydrogens (tertiary/aromatic N) is 1. The van der Waals surface area contributed by atoms with E-state index in [4.69, 9.17) is 14.9 Å². The fraction of sp³-hybridized carbons (Fsp3) is 0.700. The van der Waals surface area contributed by atoms with Gasteiger partial charge in [-0.1, -0.05) is 0 Å². The van der Waals surface area contributed by atoms with Gasteiger partial charge in [0.05, 0.1) is 12.2 Å². The van der Waals surface area contributed by atoms with Gasteiger partial charge in [0, 0.05) is 19.1 Å². The topological polar surface area (TPSA) is 61.3 Å². The molecule has 1 aromatic rings. The molecule has 0 aromatic carbocycles. The summed E-state index contributed by atoms with van der Waals surface area (Å²) in [5, 5.41) is 0. The van der Waals surface area contributed by atoms with Gasteiger partial charge >= 0.3 is 0 Å². The third kappa shape index (κ3) is 1.81. The molecule has 0 aliphatic carbocycles. The van der Waals surface area contributed by atoms with Crippen molar-refractivity contribution in [2.75, 3.05) is 13.2 Å². The monoisotopic (exact) mass is 196 g/mol. The summed E-state index contributed by atoms with van der Waals surface area (Å²) in [6, 6.07) is 0. The Hall–Kier alpha value is -0.870. The molecule has 1 aliphatic heterocycles. The van der Waals surface area contributed by atoms with Crippen molar-refractivity contribution >= 4 is 0 Å². The summed E-state index contributed by atoms with van der Waals surface area (Å²) in [7, 11) is 0. The summed E-state index contributed by atoms with van der Waals surface area (Å²) in [5.74, 6) is 2.05. The Bertz CT molecular complexity index is 303. The molecular weight excluding hydrogens is 180 g/mol. The van der Waals surface area contributed by atoms with Crippen molar-refractivity contribution in [3.05, 3.63) is 17.3 Å². The predicted octanol–water partition coefficient (Wildman–Crippen LogP) is 1.34. The molecule has 0 atom stereocenters. The van der Waals surface area contributed by atoms with E-state index in [1.54, 1.807) is 0 Å². The molecule has 1 saturated heterocycles. The van der Waals surface area contributed by atoms with E-state index in [9.17, 15) is 0 Å². The van der Waals surface area contributed by atoms with Gasteiger partial charge < -0.3 is 14.9 Å². The first-order valence-electron chi connectivity index (χ1n) is 5.05.